The molecule has 6 heteroatoms. The van der Waals surface area contributed by atoms with Crippen LogP contribution in [0.5, 0.6) is 0 Å². The number of nitrogens with zero attached hydrogens (tertiary/aromatic N) is 3. The highest BCUT2D eigenvalue weighted by atomic mass is 35.5. The van der Waals surface area contributed by atoms with Crippen molar-refractivity contribution in [3.8, 4) is 0 Å². The van der Waals surface area contributed by atoms with Crippen molar-refractivity contribution in [3.05, 3.63) is 35.0 Å². The molecule has 0 aliphatic heterocycles. The topological polar surface area (TPSA) is 62.7 Å². The Morgan fingerprint density at radius 2 is 2.15 bits per heavy atom. The van der Waals surface area contributed by atoms with Gasteiger partial charge in [-0.2, -0.15) is 10.1 Å². The molecule has 1 aromatic carbocycles. The standard InChI is InChI=1S/C14H18ClN5/c1-3-4-7-16-14-19-13(9-17-20-14)18-12-6-5-11(15)8-10(12)2/h5-6,8-9H,3-4,7H2,1-2H3,(H2,16,18,19,20). The van der Waals surface area contributed by atoms with Gasteiger partial charge in [-0.25, -0.2) is 0 Å². The zero-order chi connectivity index (χ0) is 14.4. The Morgan fingerprint density at radius 3 is 2.90 bits per heavy atom. The molecule has 0 aliphatic rings. The fraction of sp³-hybridized carbons (Fsp3) is 0.357. The van der Waals surface area contributed by atoms with E-state index in [9.17, 15) is 0 Å². The molecule has 0 aliphatic carbocycles. The van der Waals surface area contributed by atoms with Crippen molar-refractivity contribution in [2.75, 3.05) is 17.2 Å². The van der Waals surface area contributed by atoms with Crippen LogP contribution >= 0.6 is 11.6 Å². The Hall–Kier alpha value is -1.88. The van der Waals surface area contributed by atoms with E-state index in [4.69, 9.17) is 11.6 Å². The van der Waals surface area contributed by atoms with Gasteiger partial charge in [-0.15, -0.1) is 5.10 Å². The maximum atomic E-state index is 5.94. The number of benzene rings is 1. The van der Waals surface area contributed by atoms with Crippen LogP contribution in [0.2, 0.25) is 5.02 Å². The number of rotatable bonds is 6. The summed E-state index contributed by atoms with van der Waals surface area (Å²) in [6.45, 7) is 4.98. The molecule has 1 heterocycles. The number of aryl methyl sites for hydroxylation is 1. The van der Waals surface area contributed by atoms with E-state index >= 15 is 0 Å². The zero-order valence-electron chi connectivity index (χ0n) is 11.7. The normalized spacial score (nSPS) is 10.3. The number of hydrogen-bond acceptors (Lipinski definition) is 5. The highest BCUT2D eigenvalue weighted by Crippen LogP contribution is 2.22. The number of halogens is 1. The van der Waals surface area contributed by atoms with Crippen LogP contribution in [0.1, 0.15) is 25.3 Å². The van der Waals surface area contributed by atoms with Crippen LogP contribution in [0.25, 0.3) is 0 Å². The summed E-state index contributed by atoms with van der Waals surface area (Å²) in [6, 6.07) is 5.66. The van der Waals surface area contributed by atoms with Crippen LogP contribution in [0, 0.1) is 6.92 Å². The molecule has 1 aromatic heterocycles. The Morgan fingerprint density at radius 1 is 1.30 bits per heavy atom. The molecule has 0 atom stereocenters. The average Bonchev–Trinajstić information content (AvgIpc) is 2.43. The highest BCUT2D eigenvalue weighted by molar-refractivity contribution is 6.30. The van der Waals surface area contributed by atoms with E-state index in [1.807, 2.05) is 25.1 Å². The fourth-order valence-electron chi connectivity index (χ4n) is 1.72. The molecule has 0 bridgehead atoms. The minimum Gasteiger partial charge on any atom is -0.353 e. The number of nitrogens with one attached hydrogen (secondary N) is 2. The lowest BCUT2D eigenvalue weighted by Crippen LogP contribution is -2.07. The van der Waals surface area contributed by atoms with Crippen molar-refractivity contribution in [1.29, 1.82) is 0 Å². The summed E-state index contributed by atoms with van der Waals surface area (Å²) < 4.78 is 0. The van der Waals surface area contributed by atoms with Crippen LogP contribution in [0.4, 0.5) is 17.5 Å². The highest BCUT2D eigenvalue weighted by Gasteiger charge is 2.03. The molecule has 5 nitrogen and oxygen atoms in total. The minimum absolute atomic E-state index is 0.537. The monoisotopic (exact) mass is 291 g/mol. The van der Waals surface area contributed by atoms with Gasteiger partial charge < -0.3 is 10.6 Å². The van der Waals surface area contributed by atoms with E-state index in [1.54, 1.807) is 6.20 Å². The molecule has 2 rings (SSSR count). The van der Waals surface area contributed by atoms with Gasteiger partial charge in [-0.1, -0.05) is 24.9 Å². The predicted octanol–water partition coefficient (Wildman–Crippen LogP) is 3.79. The van der Waals surface area contributed by atoms with E-state index < -0.39 is 0 Å². The van der Waals surface area contributed by atoms with Crippen LogP contribution < -0.4 is 10.6 Å². The molecule has 2 N–H and O–H groups in total. The predicted molar refractivity (Wildman–Crippen MR) is 82.7 cm³/mol. The summed E-state index contributed by atoms with van der Waals surface area (Å²) in [5, 5.41) is 15.0. The van der Waals surface area contributed by atoms with E-state index in [-0.39, 0.29) is 0 Å². The van der Waals surface area contributed by atoms with Crippen LogP contribution in [-0.2, 0) is 0 Å². The zero-order valence-corrected chi connectivity index (χ0v) is 12.4. The van der Waals surface area contributed by atoms with Crippen molar-refractivity contribution < 1.29 is 0 Å². The third-order valence-electron chi connectivity index (χ3n) is 2.82. The summed E-state index contributed by atoms with van der Waals surface area (Å²) in [5.74, 6) is 1.19. The van der Waals surface area contributed by atoms with Crippen LogP contribution in [0.15, 0.2) is 24.4 Å². The summed E-state index contributed by atoms with van der Waals surface area (Å²) >= 11 is 5.94. The lowest BCUT2D eigenvalue weighted by atomic mass is 10.2. The number of anilines is 3. The molecule has 0 saturated carbocycles. The molecule has 106 valence electrons. The summed E-state index contributed by atoms with van der Waals surface area (Å²) in [6.07, 6.45) is 3.80. The first kappa shape index (κ1) is 14.5. The lowest BCUT2D eigenvalue weighted by molar-refractivity contribution is 0.819. The van der Waals surface area contributed by atoms with Crippen molar-refractivity contribution in [2.45, 2.75) is 26.7 Å². The van der Waals surface area contributed by atoms with Crippen molar-refractivity contribution in [2.24, 2.45) is 0 Å². The largest absolute Gasteiger partial charge is 0.353 e. The smallest absolute Gasteiger partial charge is 0.244 e. The lowest BCUT2D eigenvalue weighted by Gasteiger charge is -2.09. The van der Waals surface area contributed by atoms with Gasteiger partial charge in [0.05, 0.1) is 6.20 Å². The molecule has 2 aromatic rings. The van der Waals surface area contributed by atoms with Crippen LogP contribution in [0.3, 0.4) is 0 Å². The van der Waals surface area contributed by atoms with Gasteiger partial charge in [0.2, 0.25) is 5.95 Å². The number of hydrogen-bond donors (Lipinski definition) is 2. The number of aromatic nitrogens is 3. The Bertz CT molecular complexity index is 573. The second kappa shape index (κ2) is 7.05. The molecule has 0 amide bonds. The summed E-state index contributed by atoms with van der Waals surface area (Å²) in [7, 11) is 0. The molecule has 0 radical (unpaired) electrons. The Labute approximate surface area is 123 Å². The molecule has 0 saturated heterocycles. The van der Waals surface area contributed by atoms with Gasteiger partial charge in [-0.05, 0) is 37.1 Å². The average molecular weight is 292 g/mol. The van der Waals surface area contributed by atoms with Gasteiger partial charge >= 0.3 is 0 Å². The Kier molecular flexibility index (Phi) is 5.12. The van der Waals surface area contributed by atoms with Gasteiger partial charge in [0.15, 0.2) is 5.82 Å². The van der Waals surface area contributed by atoms with E-state index in [2.05, 4.69) is 32.7 Å². The van der Waals surface area contributed by atoms with Gasteiger partial charge in [0.1, 0.15) is 0 Å². The molecule has 0 unspecified atom stereocenters. The SMILES string of the molecule is CCCCNc1nncc(Nc2ccc(Cl)cc2C)n1. The maximum absolute atomic E-state index is 5.94. The van der Waals surface area contributed by atoms with Crippen molar-refractivity contribution in [1.82, 2.24) is 15.2 Å². The first-order valence-corrected chi connectivity index (χ1v) is 7.03. The quantitative estimate of drug-likeness (QED) is 0.793. The van der Waals surface area contributed by atoms with Gasteiger partial charge in [0, 0.05) is 17.3 Å². The molecule has 0 spiro atoms. The van der Waals surface area contributed by atoms with Crippen molar-refractivity contribution >= 4 is 29.1 Å². The van der Waals surface area contributed by atoms with Gasteiger partial charge in [0.25, 0.3) is 0 Å². The molecule has 0 fully saturated rings. The number of unbranched alkanes of at least 4 members (excludes halogenated alkanes) is 1. The van der Waals surface area contributed by atoms with E-state index in [0.717, 1.165) is 35.7 Å². The van der Waals surface area contributed by atoms with Gasteiger partial charge in [-0.3, -0.25) is 0 Å². The minimum atomic E-state index is 0.537. The third-order valence-corrected chi connectivity index (χ3v) is 3.06. The first-order valence-electron chi connectivity index (χ1n) is 6.66. The van der Waals surface area contributed by atoms with E-state index in [0.29, 0.717) is 11.8 Å². The third kappa shape index (κ3) is 4.06. The molecular formula is C14H18ClN5. The second-order valence-corrected chi connectivity index (χ2v) is 4.97. The van der Waals surface area contributed by atoms with Crippen molar-refractivity contribution in [3.63, 3.8) is 0 Å². The molecular weight excluding hydrogens is 274 g/mol. The van der Waals surface area contributed by atoms with Crippen LogP contribution in [-0.4, -0.2) is 21.7 Å². The first-order chi connectivity index (χ1) is 9.69. The fourth-order valence-corrected chi connectivity index (χ4v) is 1.95. The Balaban J connectivity index is 2.07. The molecule has 20 heavy (non-hydrogen) atoms. The maximum Gasteiger partial charge on any atom is 0.244 e. The summed E-state index contributed by atoms with van der Waals surface area (Å²) in [4.78, 5) is 4.37. The summed E-state index contributed by atoms with van der Waals surface area (Å²) in [5.41, 5.74) is 2.01. The second-order valence-electron chi connectivity index (χ2n) is 4.53. The van der Waals surface area contributed by atoms with E-state index in [1.165, 1.54) is 0 Å².